The first-order valence-corrected chi connectivity index (χ1v) is 8.19. The Morgan fingerprint density at radius 1 is 1.21 bits per heavy atom. The van der Waals surface area contributed by atoms with Gasteiger partial charge in [0.2, 0.25) is 0 Å². The van der Waals surface area contributed by atoms with Crippen LogP contribution in [0.3, 0.4) is 0 Å². The van der Waals surface area contributed by atoms with E-state index in [-0.39, 0.29) is 6.03 Å². The molecule has 0 aliphatic heterocycles. The average molecular weight is 322 g/mol. The van der Waals surface area contributed by atoms with Crippen molar-refractivity contribution in [3.63, 3.8) is 0 Å². The number of amides is 2. The number of urea groups is 1. The quantitative estimate of drug-likeness (QED) is 0.750. The van der Waals surface area contributed by atoms with E-state index < -0.39 is 0 Å². The Bertz CT molecular complexity index is 805. The van der Waals surface area contributed by atoms with Crippen molar-refractivity contribution < 1.29 is 4.79 Å². The lowest BCUT2D eigenvalue weighted by atomic mass is 10.0. The molecule has 124 valence electrons. The number of nitrogens with zero attached hydrogens (tertiary/aromatic N) is 2. The van der Waals surface area contributed by atoms with Crippen molar-refractivity contribution in [1.29, 1.82) is 0 Å². The SMILES string of the molecule is CC(C)c1cccc(NC(=O)NCCc2cn3ccccc3n2)c1. The van der Waals surface area contributed by atoms with Crippen LogP contribution in [-0.4, -0.2) is 22.0 Å². The summed E-state index contributed by atoms with van der Waals surface area (Å²) < 4.78 is 1.98. The summed E-state index contributed by atoms with van der Waals surface area (Å²) in [5, 5.41) is 5.75. The van der Waals surface area contributed by atoms with Gasteiger partial charge in [-0.15, -0.1) is 0 Å². The van der Waals surface area contributed by atoms with Gasteiger partial charge in [0.1, 0.15) is 5.65 Å². The number of fused-ring (bicyclic) bond motifs is 1. The highest BCUT2D eigenvalue weighted by Crippen LogP contribution is 2.18. The van der Waals surface area contributed by atoms with E-state index in [1.54, 1.807) is 0 Å². The molecule has 0 aliphatic carbocycles. The number of imidazole rings is 1. The van der Waals surface area contributed by atoms with Crippen LogP contribution in [0.1, 0.15) is 31.0 Å². The largest absolute Gasteiger partial charge is 0.337 e. The molecule has 0 saturated heterocycles. The van der Waals surface area contributed by atoms with Crippen molar-refractivity contribution in [3.8, 4) is 0 Å². The summed E-state index contributed by atoms with van der Waals surface area (Å²) in [5.74, 6) is 0.435. The number of carbonyl (C=O) groups excluding carboxylic acids is 1. The highest BCUT2D eigenvalue weighted by molar-refractivity contribution is 5.89. The molecule has 24 heavy (non-hydrogen) atoms. The first-order valence-electron chi connectivity index (χ1n) is 8.19. The molecule has 0 unspecified atom stereocenters. The molecule has 2 aromatic heterocycles. The third kappa shape index (κ3) is 3.93. The third-order valence-corrected chi connectivity index (χ3v) is 3.89. The minimum absolute atomic E-state index is 0.195. The molecular formula is C19H22N4O. The van der Waals surface area contributed by atoms with Gasteiger partial charge in [0, 0.05) is 31.0 Å². The Labute approximate surface area is 141 Å². The number of carbonyl (C=O) groups is 1. The smallest absolute Gasteiger partial charge is 0.319 e. The highest BCUT2D eigenvalue weighted by Gasteiger charge is 2.05. The minimum atomic E-state index is -0.195. The second kappa shape index (κ2) is 7.17. The molecule has 3 rings (SSSR count). The minimum Gasteiger partial charge on any atom is -0.337 e. The van der Waals surface area contributed by atoms with Crippen LogP contribution in [0, 0.1) is 0 Å². The van der Waals surface area contributed by atoms with E-state index in [1.807, 2.05) is 53.2 Å². The van der Waals surface area contributed by atoms with Crippen molar-refractivity contribution in [3.05, 3.63) is 66.1 Å². The van der Waals surface area contributed by atoms with Crippen molar-refractivity contribution in [2.45, 2.75) is 26.2 Å². The highest BCUT2D eigenvalue weighted by atomic mass is 16.2. The van der Waals surface area contributed by atoms with Crippen LogP contribution in [0.25, 0.3) is 5.65 Å². The predicted octanol–water partition coefficient (Wildman–Crippen LogP) is 3.82. The van der Waals surface area contributed by atoms with Gasteiger partial charge < -0.3 is 15.0 Å². The molecule has 0 atom stereocenters. The van der Waals surface area contributed by atoms with Crippen molar-refractivity contribution in [2.24, 2.45) is 0 Å². The normalized spacial score (nSPS) is 11.0. The summed E-state index contributed by atoms with van der Waals surface area (Å²) in [4.78, 5) is 16.5. The van der Waals surface area contributed by atoms with Gasteiger partial charge in [-0.1, -0.05) is 32.0 Å². The van der Waals surface area contributed by atoms with Gasteiger partial charge in [0.05, 0.1) is 5.69 Å². The standard InChI is InChI=1S/C19H22N4O/c1-14(2)15-6-5-7-16(12-15)22-19(24)20-10-9-17-13-23-11-4-3-8-18(23)21-17/h3-8,11-14H,9-10H2,1-2H3,(H2,20,22,24). The van der Waals surface area contributed by atoms with Crippen molar-refractivity contribution >= 4 is 17.4 Å². The maximum Gasteiger partial charge on any atom is 0.319 e. The number of anilines is 1. The number of aromatic nitrogens is 2. The Hall–Kier alpha value is -2.82. The summed E-state index contributed by atoms with van der Waals surface area (Å²) in [7, 11) is 0. The summed E-state index contributed by atoms with van der Waals surface area (Å²) in [6.45, 7) is 4.81. The van der Waals surface area contributed by atoms with Crippen LogP contribution >= 0.6 is 0 Å². The summed E-state index contributed by atoms with van der Waals surface area (Å²) in [6, 6.07) is 13.6. The molecule has 2 heterocycles. The molecular weight excluding hydrogens is 300 g/mol. The fourth-order valence-electron chi connectivity index (χ4n) is 2.56. The molecule has 5 nitrogen and oxygen atoms in total. The van der Waals surface area contributed by atoms with Gasteiger partial charge in [-0.3, -0.25) is 0 Å². The molecule has 1 aromatic carbocycles. The van der Waals surface area contributed by atoms with Crippen LogP contribution in [-0.2, 0) is 6.42 Å². The first-order chi connectivity index (χ1) is 11.6. The lowest BCUT2D eigenvalue weighted by molar-refractivity contribution is 0.252. The molecule has 0 aliphatic rings. The van der Waals surface area contributed by atoms with Gasteiger partial charge in [0.25, 0.3) is 0 Å². The van der Waals surface area contributed by atoms with Gasteiger partial charge in [0.15, 0.2) is 0 Å². The molecule has 0 spiro atoms. The zero-order valence-corrected chi connectivity index (χ0v) is 14.0. The summed E-state index contributed by atoms with van der Waals surface area (Å²) in [5.41, 5.74) is 3.90. The average Bonchev–Trinajstić information content (AvgIpc) is 2.97. The molecule has 2 N–H and O–H groups in total. The molecule has 0 bridgehead atoms. The Morgan fingerprint density at radius 2 is 2.08 bits per heavy atom. The van der Waals surface area contributed by atoms with Crippen LogP contribution < -0.4 is 10.6 Å². The lowest BCUT2D eigenvalue weighted by Crippen LogP contribution is -2.30. The number of nitrogens with one attached hydrogen (secondary N) is 2. The molecule has 0 saturated carbocycles. The second-order valence-corrected chi connectivity index (χ2v) is 6.11. The second-order valence-electron chi connectivity index (χ2n) is 6.11. The molecule has 3 aromatic rings. The van der Waals surface area contributed by atoms with Crippen LogP contribution in [0.4, 0.5) is 10.5 Å². The van der Waals surface area contributed by atoms with Crippen LogP contribution in [0.5, 0.6) is 0 Å². The van der Waals surface area contributed by atoms with E-state index in [0.29, 0.717) is 18.9 Å². The number of hydrogen-bond acceptors (Lipinski definition) is 2. The number of pyridine rings is 1. The monoisotopic (exact) mass is 322 g/mol. The zero-order chi connectivity index (χ0) is 16.9. The topological polar surface area (TPSA) is 58.4 Å². The maximum absolute atomic E-state index is 12.0. The fourth-order valence-corrected chi connectivity index (χ4v) is 2.56. The molecule has 0 radical (unpaired) electrons. The van der Waals surface area contributed by atoms with E-state index >= 15 is 0 Å². The van der Waals surface area contributed by atoms with E-state index in [1.165, 1.54) is 5.56 Å². The van der Waals surface area contributed by atoms with Gasteiger partial charge in [-0.05, 0) is 35.7 Å². The van der Waals surface area contributed by atoms with Gasteiger partial charge in [-0.25, -0.2) is 9.78 Å². The van der Waals surface area contributed by atoms with Crippen LogP contribution in [0.2, 0.25) is 0 Å². The van der Waals surface area contributed by atoms with Gasteiger partial charge in [-0.2, -0.15) is 0 Å². The van der Waals surface area contributed by atoms with Crippen molar-refractivity contribution in [1.82, 2.24) is 14.7 Å². The predicted molar refractivity (Wildman–Crippen MR) is 96.4 cm³/mol. The first kappa shape index (κ1) is 16.1. The van der Waals surface area contributed by atoms with Crippen molar-refractivity contribution in [2.75, 3.05) is 11.9 Å². The molecule has 0 fully saturated rings. The summed E-state index contributed by atoms with van der Waals surface area (Å²) >= 11 is 0. The third-order valence-electron chi connectivity index (χ3n) is 3.89. The Balaban J connectivity index is 1.51. The lowest BCUT2D eigenvalue weighted by Gasteiger charge is -2.10. The Morgan fingerprint density at radius 3 is 2.88 bits per heavy atom. The maximum atomic E-state index is 12.0. The Kier molecular flexibility index (Phi) is 4.79. The van der Waals surface area contributed by atoms with E-state index in [9.17, 15) is 4.79 Å². The number of hydrogen-bond donors (Lipinski definition) is 2. The number of rotatable bonds is 5. The van der Waals surface area contributed by atoms with E-state index in [4.69, 9.17) is 0 Å². The van der Waals surface area contributed by atoms with Gasteiger partial charge >= 0.3 is 6.03 Å². The van der Waals surface area contributed by atoms with E-state index in [0.717, 1.165) is 17.0 Å². The fraction of sp³-hybridized carbons (Fsp3) is 0.263. The molecule has 5 heteroatoms. The van der Waals surface area contributed by atoms with E-state index in [2.05, 4.69) is 35.5 Å². The number of benzene rings is 1. The summed E-state index contributed by atoms with van der Waals surface area (Å²) in [6.07, 6.45) is 4.65. The van der Waals surface area contributed by atoms with Crippen LogP contribution in [0.15, 0.2) is 54.9 Å². The zero-order valence-electron chi connectivity index (χ0n) is 14.0. The molecule has 2 amide bonds.